The maximum Gasteiger partial charge on any atom is 0.197 e. The van der Waals surface area contributed by atoms with Crippen LogP contribution in [0.15, 0.2) is 48.5 Å². The molecule has 0 aliphatic carbocycles. The van der Waals surface area contributed by atoms with Crippen molar-refractivity contribution in [2.24, 2.45) is 0 Å². The van der Waals surface area contributed by atoms with E-state index in [1.807, 2.05) is 0 Å². The highest BCUT2D eigenvalue weighted by molar-refractivity contribution is 6.23. The Kier molecular flexibility index (Phi) is 12.8. The van der Waals surface area contributed by atoms with Crippen molar-refractivity contribution in [3.8, 4) is 0 Å². The van der Waals surface area contributed by atoms with Crippen LogP contribution in [0.5, 0.6) is 0 Å². The van der Waals surface area contributed by atoms with Crippen LogP contribution < -0.4 is 0 Å². The minimum Gasteiger partial charge on any atom is -0.344 e. The molecule has 2 aromatic heterocycles. The van der Waals surface area contributed by atoms with Crippen molar-refractivity contribution in [2.75, 3.05) is 0 Å². The molecule has 4 rings (SSSR count). The van der Waals surface area contributed by atoms with Gasteiger partial charge in [0, 0.05) is 46.3 Å². The monoisotopic (exact) mass is 568 g/mol. The number of hydrogen-bond acceptors (Lipinski definition) is 1. The van der Waals surface area contributed by atoms with Crippen LogP contribution in [-0.2, 0) is 13.1 Å². The molecular formula is C39H56N2O. The lowest BCUT2D eigenvalue weighted by molar-refractivity contribution is 0.104. The summed E-state index contributed by atoms with van der Waals surface area (Å²) in [5, 5.41) is 2.19. The van der Waals surface area contributed by atoms with Gasteiger partial charge in [-0.25, -0.2) is 0 Å². The maximum atomic E-state index is 14.5. The van der Waals surface area contributed by atoms with Gasteiger partial charge in [-0.2, -0.15) is 0 Å². The third kappa shape index (κ3) is 7.77. The van der Waals surface area contributed by atoms with E-state index in [1.54, 1.807) is 0 Å². The molecule has 0 N–H and O–H groups in total. The molecule has 0 unspecified atom stereocenters. The largest absolute Gasteiger partial charge is 0.344 e. The Morgan fingerprint density at radius 1 is 0.500 bits per heavy atom. The number of nitrogens with zero attached hydrogens (tertiary/aromatic N) is 2. The molecule has 42 heavy (non-hydrogen) atoms. The normalized spacial score (nSPS) is 11.7. The van der Waals surface area contributed by atoms with Crippen molar-refractivity contribution in [1.29, 1.82) is 0 Å². The van der Waals surface area contributed by atoms with Gasteiger partial charge in [0.15, 0.2) is 5.78 Å². The van der Waals surface area contributed by atoms with Gasteiger partial charge in [0.2, 0.25) is 0 Å². The fraction of sp³-hybridized carbons (Fsp3) is 0.564. The number of carbonyl (C=O) groups excluding carboxylic acids is 1. The third-order valence-corrected chi connectivity index (χ3v) is 9.39. The highest BCUT2D eigenvalue weighted by Crippen LogP contribution is 2.34. The van der Waals surface area contributed by atoms with E-state index in [0.29, 0.717) is 0 Å². The zero-order chi connectivity index (χ0) is 29.7. The second-order valence-corrected chi connectivity index (χ2v) is 12.5. The van der Waals surface area contributed by atoms with Crippen molar-refractivity contribution in [1.82, 2.24) is 9.13 Å². The summed E-state index contributed by atoms with van der Waals surface area (Å²) in [6.07, 6.45) is 21.0. The van der Waals surface area contributed by atoms with Crippen LogP contribution >= 0.6 is 0 Å². The molecule has 0 saturated heterocycles. The molecule has 2 aromatic carbocycles. The van der Waals surface area contributed by atoms with Gasteiger partial charge in [0.1, 0.15) is 0 Å². The molecule has 228 valence electrons. The predicted octanol–water partition coefficient (Wildman–Crippen LogP) is 11.7. The van der Waals surface area contributed by atoms with Gasteiger partial charge in [-0.05, 0) is 38.8 Å². The summed E-state index contributed by atoms with van der Waals surface area (Å²) in [5.41, 5.74) is 6.40. The Morgan fingerprint density at radius 3 is 1.21 bits per heavy atom. The number of unbranched alkanes of at least 4 members (excludes halogenated alkanes) is 14. The molecule has 0 spiro atoms. The molecule has 4 aromatic rings. The standard InChI is InChI=1S/C39H56N2O/c1-5-7-9-11-13-15-17-23-29-40-31(3)37(33-25-19-21-27-35(33)40)39(42)38-32(4)41(36-28-22-20-26-34(36)38)30-24-18-16-14-12-10-8-6-2/h19-22,25-28H,5-18,23-24,29-30H2,1-4H3. The van der Waals surface area contributed by atoms with E-state index in [-0.39, 0.29) is 5.78 Å². The fourth-order valence-electron chi connectivity index (χ4n) is 6.94. The average molecular weight is 569 g/mol. The van der Waals surface area contributed by atoms with Crippen LogP contribution in [0.1, 0.15) is 144 Å². The Labute approximate surface area is 255 Å². The number of hydrogen-bond donors (Lipinski definition) is 0. The number of fused-ring (bicyclic) bond motifs is 2. The summed E-state index contributed by atoms with van der Waals surface area (Å²) < 4.78 is 4.82. The van der Waals surface area contributed by atoms with Crippen LogP contribution in [0.25, 0.3) is 21.8 Å². The Bertz CT molecular complexity index is 1300. The second kappa shape index (κ2) is 16.7. The molecule has 3 heteroatoms. The van der Waals surface area contributed by atoms with E-state index < -0.39 is 0 Å². The smallest absolute Gasteiger partial charge is 0.197 e. The van der Waals surface area contributed by atoms with Crippen LogP contribution in [0, 0.1) is 13.8 Å². The number of aryl methyl sites for hydroxylation is 2. The molecule has 0 saturated carbocycles. The molecule has 0 aliphatic heterocycles. The average Bonchev–Trinajstić information content (AvgIpc) is 3.45. The first kappa shape index (κ1) is 32.1. The third-order valence-electron chi connectivity index (χ3n) is 9.39. The van der Waals surface area contributed by atoms with Crippen LogP contribution in [-0.4, -0.2) is 14.9 Å². The van der Waals surface area contributed by atoms with Gasteiger partial charge < -0.3 is 9.13 Å². The highest BCUT2D eigenvalue weighted by atomic mass is 16.1. The summed E-state index contributed by atoms with van der Waals surface area (Å²) >= 11 is 0. The first-order chi connectivity index (χ1) is 20.6. The van der Waals surface area contributed by atoms with Crippen LogP contribution in [0.4, 0.5) is 0 Å². The molecular weight excluding hydrogens is 512 g/mol. The fourth-order valence-corrected chi connectivity index (χ4v) is 6.94. The molecule has 0 aliphatic rings. The molecule has 0 radical (unpaired) electrons. The molecule has 0 amide bonds. The Hall–Kier alpha value is -2.81. The number of ketones is 1. The molecule has 0 fully saturated rings. The van der Waals surface area contributed by atoms with E-state index in [9.17, 15) is 4.79 Å². The summed E-state index contributed by atoms with van der Waals surface area (Å²) in [6, 6.07) is 17.1. The van der Waals surface area contributed by atoms with Gasteiger partial charge >= 0.3 is 0 Å². The van der Waals surface area contributed by atoms with Crippen molar-refractivity contribution in [3.05, 3.63) is 71.0 Å². The molecule has 0 bridgehead atoms. The minimum absolute atomic E-state index is 0.182. The lowest BCUT2D eigenvalue weighted by Crippen LogP contribution is -2.08. The predicted molar refractivity (Wildman–Crippen MR) is 182 cm³/mol. The first-order valence-corrected chi connectivity index (χ1v) is 17.3. The summed E-state index contributed by atoms with van der Waals surface area (Å²) in [5.74, 6) is 0.182. The van der Waals surface area contributed by atoms with E-state index in [4.69, 9.17) is 0 Å². The van der Waals surface area contributed by atoms with E-state index >= 15 is 0 Å². The maximum absolute atomic E-state index is 14.5. The van der Waals surface area contributed by atoms with Gasteiger partial charge in [-0.3, -0.25) is 4.79 Å². The topological polar surface area (TPSA) is 26.9 Å². The van der Waals surface area contributed by atoms with Crippen LogP contribution in [0.2, 0.25) is 0 Å². The van der Waals surface area contributed by atoms with Gasteiger partial charge in [-0.15, -0.1) is 0 Å². The van der Waals surface area contributed by atoms with Gasteiger partial charge in [-0.1, -0.05) is 140 Å². The van der Waals surface area contributed by atoms with Gasteiger partial charge in [0.25, 0.3) is 0 Å². The van der Waals surface area contributed by atoms with Crippen LogP contribution in [0.3, 0.4) is 0 Å². The zero-order valence-electron chi connectivity index (χ0n) is 27.1. The number of benzene rings is 2. The summed E-state index contributed by atoms with van der Waals surface area (Å²) in [7, 11) is 0. The van der Waals surface area contributed by atoms with Crippen molar-refractivity contribution >= 4 is 27.6 Å². The molecule has 3 nitrogen and oxygen atoms in total. The van der Waals surface area contributed by atoms with Crippen molar-refractivity contribution in [3.63, 3.8) is 0 Å². The first-order valence-electron chi connectivity index (χ1n) is 17.3. The Balaban J connectivity index is 1.51. The number of rotatable bonds is 20. The van der Waals surface area contributed by atoms with E-state index in [0.717, 1.165) is 59.2 Å². The van der Waals surface area contributed by atoms with Crippen molar-refractivity contribution in [2.45, 2.75) is 144 Å². The zero-order valence-corrected chi connectivity index (χ0v) is 27.1. The lowest BCUT2D eigenvalue weighted by atomic mass is 9.98. The second-order valence-electron chi connectivity index (χ2n) is 12.5. The lowest BCUT2D eigenvalue weighted by Gasteiger charge is -2.10. The SMILES string of the molecule is CCCCCCCCCCn1c(C)c(C(=O)c2c(C)n(CCCCCCCCCC)c3ccccc23)c2ccccc21. The molecule has 2 heterocycles. The summed E-state index contributed by atoms with van der Waals surface area (Å²) in [4.78, 5) is 14.5. The van der Waals surface area contributed by atoms with E-state index in [1.165, 1.54) is 101 Å². The Morgan fingerprint density at radius 2 is 0.833 bits per heavy atom. The van der Waals surface area contributed by atoms with Gasteiger partial charge in [0.05, 0.1) is 11.1 Å². The minimum atomic E-state index is 0.182. The van der Waals surface area contributed by atoms with Crippen molar-refractivity contribution < 1.29 is 4.79 Å². The highest BCUT2D eigenvalue weighted by Gasteiger charge is 2.26. The number of carbonyl (C=O) groups is 1. The summed E-state index contributed by atoms with van der Waals surface area (Å²) in [6.45, 7) is 10.8. The quantitative estimate of drug-likeness (QED) is 0.0769. The van der Waals surface area contributed by atoms with E-state index in [2.05, 4.69) is 85.4 Å². The number of para-hydroxylation sites is 2. The molecule has 0 atom stereocenters. The number of aromatic nitrogens is 2.